The third-order valence-corrected chi connectivity index (χ3v) is 11.5. The molecule has 0 N–H and O–H groups in total. The first-order valence-corrected chi connectivity index (χ1v) is 15.1. The molecular formula is C32H40N2P2. The SMILES string of the molecule is CC(C)(C)c1ccc(C2(CP)C3CC4CC(C3)CC2C4)c(C(P)(c2ccccn2)c2ccccn2)c1. The molecule has 0 spiro atoms. The van der Waals surface area contributed by atoms with E-state index in [-0.39, 0.29) is 10.8 Å². The number of pyridine rings is 2. The minimum Gasteiger partial charge on any atom is -0.260 e. The summed E-state index contributed by atoms with van der Waals surface area (Å²) < 4.78 is 0. The van der Waals surface area contributed by atoms with E-state index in [1.165, 1.54) is 43.2 Å². The smallest absolute Gasteiger partial charge is 0.0936 e. The first-order chi connectivity index (χ1) is 17.3. The van der Waals surface area contributed by atoms with Gasteiger partial charge in [-0.1, -0.05) is 51.1 Å². The molecule has 2 heterocycles. The maximum atomic E-state index is 4.96. The predicted octanol–water partition coefficient (Wildman–Crippen LogP) is 7.51. The van der Waals surface area contributed by atoms with E-state index in [0.717, 1.165) is 41.2 Å². The Bertz CT molecular complexity index is 1160. The van der Waals surface area contributed by atoms with Crippen LogP contribution in [0, 0.1) is 23.7 Å². The molecule has 36 heavy (non-hydrogen) atoms. The van der Waals surface area contributed by atoms with Crippen molar-refractivity contribution in [1.82, 2.24) is 9.97 Å². The van der Waals surface area contributed by atoms with Crippen LogP contribution < -0.4 is 0 Å². The maximum absolute atomic E-state index is 4.96. The fourth-order valence-electron chi connectivity index (χ4n) is 8.25. The molecule has 0 amide bonds. The highest BCUT2D eigenvalue weighted by Crippen LogP contribution is 2.65. The van der Waals surface area contributed by atoms with E-state index in [1.54, 1.807) is 5.56 Å². The Balaban J connectivity index is 1.65. The summed E-state index contributed by atoms with van der Waals surface area (Å²) in [6, 6.07) is 20.1. The number of aromatic nitrogens is 2. The molecule has 4 fully saturated rings. The van der Waals surface area contributed by atoms with Crippen molar-refractivity contribution in [3.8, 4) is 0 Å². The second-order valence-electron chi connectivity index (χ2n) is 12.8. The van der Waals surface area contributed by atoms with Crippen LogP contribution in [0.15, 0.2) is 67.0 Å². The summed E-state index contributed by atoms with van der Waals surface area (Å²) in [6.45, 7) is 6.98. The van der Waals surface area contributed by atoms with Crippen molar-refractivity contribution in [3.05, 3.63) is 95.1 Å². The van der Waals surface area contributed by atoms with E-state index < -0.39 is 5.16 Å². The third kappa shape index (κ3) is 3.74. The van der Waals surface area contributed by atoms with Crippen LogP contribution in [0.4, 0.5) is 0 Å². The highest BCUT2D eigenvalue weighted by atomic mass is 31.0. The van der Waals surface area contributed by atoms with Gasteiger partial charge in [0.05, 0.1) is 16.5 Å². The molecular weight excluding hydrogens is 474 g/mol. The van der Waals surface area contributed by atoms with Crippen molar-refractivity contribution in [3.63, 3.8) is 0 Å². The summed E-state index contributed by atoms with van der Waals surface area (Å²) in [4.78, 5) is 9.91. The topological polar surface area (TPSA) is 25.8 Å². The molecule has 0 aliphatic heterocycles. The second-order valence-corrected chi connectivity index (χ2v) is 14.1. The summed E-state index contributed by atoms with van der Waals surface area (Å²) in [7, 11) is 6.46. The lowest BCUT2D eigenvalue weighted by molar-refractivity contribution is -0.0504. The molecule has 2 atom stereocenters. The molecule has 188 valence electrons. The van der Waals surface area contributed by atoms with Crippen molar-refractivity contribution >= 4 is 18.5 Å². The van der Waals surface area contributed by atoms with Crippen molar-refractivity contribution in [2.24, 2.45) is 23.7 Å². The van der Waals surface area contributed by atoms with E-state index in [4.69, 9.17) is 9.97 Å². The number of benzene rings is 1. The lowest BCUT2D eigenvalue weighted by atomic mass is 9.43. The van der Waals surface area contributed by atoms with Crippen molar-refractivity contribution in [2.45, 2.75) is 68.9 Å². The van der Waals surface area contributed by atoms with Crippen LogP contribution in [0.3, 0.4) is 0 Å². The number of hydrogen-bond acceptors (Lipinski definition) is 2. The van der Waals surface area contributed by atoms with Gasteiger partial charge in [0.25, 0.3) is 0 Å². The Labute approximate surface area is 221 Å². The summed E-state index contributed by atoms with van der Waals surface area (Å²) in [6.07, 6.45) is 12.1. The minimum absolute atomic E-state index is 0.0608. The largest absolute Gasteiger partial charge is 0.260 e. The van der Waals surface area contributed by atoms with Crippen LogP contribution in [-0.4, -0.2) is 16.1 Å². The normalized spacial score (nSPS) is 29.5. The van der Waals surface area contributed by atoms with Gasteiger partial charge in [0.1, 0.15) is 0 Å². The molecule has 2 aromatic heterocycles. The molecule has 4 aliphatic carbocycles. The van der Waals surface area contributed by atoms with Gasteiger partial charge in [0.15, 0.2) is 0 Å². The summed E-state index contributed by atoms with van der Waals surface area (Å²) >= 11 is 0. The van der Waals surface area contributed by atoms with Crippen LogP contribution in [-0.2, 0) is 16.0 Å². The number of nitrogens with zero attached hydrogens (tertiary/aromatic N) is 2. The Morgan fingerprint density at radius 3 is 1.81 bits per heavy atom. The molecule has 0 radical (unpaired) electrons. The Hall–Kier alpha value is -1.62. The van der Waals surface area contributed by atoms with E-state index in [1.807, 2.05) is 24.5 Å². The first kappa shape index (κ1) is 24.7. The average Bonchev–Trinajstić information content (AvgIpc) is 2.89. The molecule has 2 unspecified atom stereocenters. The first-order valence-electron chi connectivity index (χ1n) is 13.7. The fourth-order valence-corrected chi connectivity index (χ4v) is 9.72. The highest BCUT2D eigenvalue weighted by molar-refractivity contribution is 7.19. The van der Waals surface area contributed by atoms with Gasteiger partial charge in [0.2, 0.25) is 0 Å². The standard InChI is InChI=1S/C32H40N2P2/c1-30(2,3)23-10-11-26(31(20-35)24-15-21-14-22(17-24)18-25(31)16-21)27(19-23)32(36,28-8-4-6-12-33-28)29-9-5-7-13-34-29/h4-13,19,21-22,24-25H,14-18,20,35-36H2,1-3H3. The molecule has 4 saturated carbocycles. The predicted molar refractivity (Wildman–Crippen MR) is 157 cm³/mol. The van der Waals surface area contributed by atoms with Gasteiger partial charge in [-0.25, -0.2) is 0 Å². The molecule has 3 aromatic rings. The second kappa shape index (κ2) is 8.99. The van der Waals surface area contributed by atoms with Gasteiger partial charge >= 0.3 is 0 Å². The third-order valence-electron chi connectivity index (χ3n) is 9.88. The summed E-state index contributed by atoms with van der Waals surface area (Å²) in [5.41, 5.74) is 6.66. The van der Waals surface area contributed by atoms with Gasteiger partial charge in [-0.3, -0.25) is 9.97 Å². The van der Waals surface area contributed by atoms with Crippen LogP contribution >= 0.6 is 18.5 Å². The maximum Gasteiger partial charge on any atom is 0.0936 e. The van der Waals surface area contributed by atoms with E-state index in [2.05, 4.69) is 81.7 Å². The average molecular weight is 515 g/mol. The molecule has 0 saturated heterocycles. The van der Waals surface area contributed by atoms with E-state index >= 15 is 0 Å². The molecule has 1 aromatic carbocycles. The molecule has 7 rings (SSSR count). The van der Waals surface area contributed by atoms with Crippen LogP contribution in [0.25, 0.3) is 0 Å². The zero-order chi connectivity index (χ0) is 25.1. The van der Waals surface area contributed by atoms with E-state index in [0.29, 0.717) is 0 Å². The van der Waals surface area contributed by atoms with Crippen molar-refractivity contribution < 1.29 is 0 Å². The lowest BCUT2D eigenvalue weighted by Crippen LogP contribution is -2.57. The van der Waals surface area contributed by atoms with Crippen molar-refractivity contribution in [1.29, 1.82) is 0 Å². The summed E-state index contributed by atoms with van der Waals surface area (Å²) in [5, 5.41) is -0.513. The van der Waals surface area contributed by atoms with Crippen LogP contribution in [0.2, 0.25) is 0 Å². The fraction of sp³-hybridized carbons (Fsp3) is 0.500. The molecule has 4 bridgehead atoms. The molecule has 4 aliphatic rings. The zero-order valence-electron chi connectivity index (χ0n) is 22.0. The van der Waals surface area contributed by atoms with Gasteiger partial charge in [-0.15, -0.1) is 18.5 Å². The number of hydrogen-bond donors (Lipinski definition) is 0. The van der Waals surface area contributed by atoms with Crippen molar-refractivity contribution in [2.75, 3.05) is 6.16 Å². The minimum atomic E-state index is -0.513. The highest BCUT2D eigenvalue weighted by Gasteiger charge is 2.58. The molecule has 2 nitrogen and oxygen atoms in total. The van der Waals surface area contributed by atoms with Gasteiger partial charge in [-0.05, 0) is 108 Å². The monoisotopic (exact) mass is 514 g/mol. The molecule has 4 heteroatoms. The van der Waals surface area contributed by atoms with Gasteiger partial charge < -0.3 is 0 Å². The van der Waals surface area contributed by atoms with Gasteiger partial charge in [0, 0.05) is 17.8 Å². The Morgan fingerprint density at radius 2 is 1.36 bits per heavy atom. The summed E-state index contributed by atoms with van der Waals surface area (Å²) in [5.74, 6) is 3.43. The van der Waals surface area contributed by atoms with E-state index in [9.17, 15) is 0 Å². The van der Waals surface area contributed by atoms with Crippen LogP contribution in [0.1, 0.15) is 81.0 Å². The Kier molecular flexibility index (Phi) is 6.17. The lowest BCUT2D eigenvalue weighted by Gasteiger charge is -2.62. The zero-order valence-corrected chi connectivity index (χ0v) is 24.3. The Morgan fingerprint density at radius 1 is 0.806 bits per heavy atom. The quantitative estimate of drug-likeness (QED) is 0.329. The van der Waals surface area contributed by atoms with Crippen LogP contribution in [0.5, 0.6) is 0 Å². The number of rotatable bonds is 5. The van der Waals surface area contributed by atoms with Gasteiger partial charge in [-0.2, -0.15) is 0 Å².